The zero-order valence-corrected chi connectivity index (χ0v) is 13.1. The second-order valence-corrected chi connectivity index (χ2v) is 4.87. The molecule has 0 bridgehead atoms. The summed E-state index contributed by atoms with van der Waals surface area (Å²) in [5.74, 6) is -0.346. The van der Waals surface area contributed by atoms with Gasteiger partial charge in [0.25, 0.3) is 0 Å². The van der Waals surface area contributed by atoms with Crippen LogP contribution >= 0.6 is 0 Å². The number of anilines is 1. The lowest BCUT2D eigenvalue weighted by molar-refractivity contribution is -0.386. The molecule has 0 aliphatic heterocycles. The first-order valence-corrected chi connectivity index (χ1v) is 7.00. The van der Waals surface area contributed by atoms with Crippen molar-refractivity contribution < 1.29 is 14.5 Å². The number of ether oxygens (including phenoxy) is 1. The third kappa shape index (κ3) is 3.92. The zero-order chi connectivity index (χ0) is 17.0. The number of aryl methyl sites for hydroxylation is 1. The summed E-state index contributed by atoms with van der Waals surface area (Å²) in [7, 11) is 0. The van der Waals surface area contributed by atoms with Gasteiger partial charge in [-0.15, -0.1) is 0 Å². The van der Waals surface area contributed by atoms with Gasteiger partial charge in [-0.2, -0.15) is 10.2 Å². The number of carbonyl (C=O) groups excluding carboxylic acids is 1. The van der Waals surface area contributed by atoms with Gasteiger partial charge in [-0.05, 0) is 20.8 Å². The van der Waals surface area contributed by atoms with E-state index < -0.39 is 4.92 Å². The molecule has 2 rings (SSSR count). The molecule has 2 aromatic heterocycles. The minimum absolute atomic E-state index is 0.0673. The van der Waals surface area contributed by atoms with Crippen LogP contribution in [-0.4, -0.2) is 37.0 Å². The predicted molar refractivity (Wildman–Crippen MR) is 80.8 cm³/mol. The predicted octanol–water partition coefficient (Wildman–Crippen LogP) is 1.24. The Kier molecular flexibility index (Phi) is 5.06. The van der Waals surface area contributed by atoms with Crippen LogP contribution in [0.15, 0.2) is 12.4 Å². The van der Waals surface area contributed by atoms with Crippen molar-refractivity contribution in [1.29, 1.82) is 0 Å². The molecule has 1 N–H and O–H groups in total. The summed E-state index contributed by atoms with van der Waals surface area (Å²) in [6.45, 7) is 5.73. The van der Waals surface area contributed by atoms with Gasteiger partial charge >= 0.3 is 5.69 Å². The summed E-state index contributed by atoms with van der Waals surface area (Å²) < 4.78 is 8.06. The highest BCUT2D eigenvalue weighted by atomic mass is 16.6. The molecule has 23 heavy (non-hydrogen) atoms. The second kappa shape index (κ2) is 7.01. The van der Waals surface area contributed by atoms with Crippen LogP contribution in [-0.2, 0) is 22.8 Å². The first-order chi connectivity index (χ1) is 10.9. The van der Waals surface area contributed by atoms with Crippen molar-refractivity contribution in [2.45, 2.75) is 34.0 Å². The molecule has 0 radical (unpaired) electrons. The zero-order valence-electron chi connectivity index (χ0n) is 13.1. The van der Waals surface area contributed by atoms with Crippen LogP contribution in [0.1, 0.15) is 18.3 Å². The van der Waals surface area contributed by atoms with E-state index in [1.54, 1.807) is 17.8 Å². The van der Waals surface area contributed by atoms with E-state index in [2.05, 4.69) is 15.5 Å². The molecule has 0 aromatic carbocycles. The van der Waals surface area contributed by atoms with E-state index >= 15 is 0 Å². The summed E-state index contributed by atoms with van der Waals surface area (Å²) in [6.07, 6.45) is 3.14. The molecule has 2 heterocycles. The lowest BCUT2D eigenvalue weighted by Crippen LogP contribution is -2.20. The smallest absolute Gasteiger partial charge is 0.312 e. The minimum Gasteiger partial charge on any atom is -0.360 e. The summed E-state index contributed by atoms with van der Waals surface area (Å²) in [5.41, 5.74) is 1.08. The fraction of sp³-hybridized carbons (Fsp3) is 0.462. The number of hydrogen-bond acceptors (Lipinski definition) is 6. The van der Waals surface area contributed by atoms with Gasteiger partial charge in [0, 0.05) is 6.61 Å². The number of nitrogens with zero attached hydrogens (tertiary/aromatic N) is 5. The topological polar surface area (TPSA) is 117 Å². The molecule has 0 saturated carbocycles. The Balaban J connectivity index is 2.01. The van der Waals surface area contributed by atoms with Gasteiger partial charge in [0.2, 0.25) is 5.91 Å². The summed E-state index contributed by atoms with van der Waals surface area (Å²) in [4.78, 5) is 22.5. The quantitative estimate of drug-likeness (QED) is 0.605. The molecule has 0 atom stereocenters. The van der Waals surface area contributed by atoms with Crippen molar-refractivity contribution in [3.05, 3.63) is 33.9 Å². The van der Waals surface area contributed by atoms with Crippen molar-refractivity contribution in [3.63, 3.8) is 0 Å². The van der Waals surface area contributed by atoms with Gasteiger partial charge in [0.15, 0.2) is 0 Å². The molecule has 2 aromatic rings. The van der Waals surface area contributed by atoms with Crippen LogP contribution in [0.4, 0.5) is 11.4 Å². The molecule has 0 fully saturated rings. The third-order valence-corrected chi connectivity index (χ3v) is 3.16. The van der Waals surface area contributed by atoms with E-state index in [-0.39, 0.29) is 23.8 Å². The Morgan fingerprint density at radius 3 is 2.83 bits per heavy atom. The molecule has 0 aliphatic rings. The maximum Gasteiger partial charge on any atom is 0.312 e. The van der Waals surface area contributed by atoms with E-state index in [1.807, 2.05) is 6.92 Å². The van der Waals surface area contributed by atoms with Crippen molar-refractivity contribution in [3.8, 4) is 0 Å². The molecule has 1 amide bonds. The SMILES string of the molecule is CCOCn1cc(NC(=O)Cn2nc(C)c([N+](=O)[O-])c2C)cn1. The number of hydrogen-bond donors (Lipinski definition) is 1. The number of carbonyl (C=O) groups is 1. The average molecular weight is 322 g/mol. The highest BCUT2D eigenvalue weighted by Gasteiger charge is 2.22. The Morgan fingerprint density at radius 1 is 1.48 bits per heavy atom. The van der Waals surface area contributed by atoms with Crippen molar-refractivity contribution in [1.82, 2.24) is 19.6 Å². The van der Waals surface area contributed by atoms with Crippen LogP contribution in [0.25, 0.3) is 0 Å². The first kappa shape index (κ1) is 16.6. The molecule has 10 heteroatoms. The molecule has 0 spiro atoms. The van der Waals surface area contributed by atoms with E-state index in [0.717, 1.165) is 0 Å². The summed E-state index contributed by atoms with van der Waals surface area (Å²) in [5, 5.41) is 21.7. The number of amides is 1. The maximum absolute atomic E-state index is 12.0. The highest BCUT2D eigenvalue weighted by molar-refractivity contribution is 5.90. The van der Waals surface area contributed by atoms with Gasteiger partial charge in [-0.3, -0.25) is 19.6 Å². The summed E-state index contributed by atoms with van der Waals surface area (Å²) in [6, 6.07) is 0. The van der Waals surface area contributed by atoms with Crippen molar-refractivity contribution in [2.24, 2.45) is 0 Å². The van der Waals surface area contributed by atoms with Crippen LogP contribution < -0.4 is 5.32 Å². The molecule has 0 aliphatic carbocycles. The Hall–Kier alpha value is -2.75. The molecule has 0 unspecified atom stereocenters. The number of nitro groups is 1. The fourth-order valence-electron chi connectivity index (χ4n) is 2.13. The Labute approximate surface area is 132 Å². The Morgan fingerprint density at radius 2 is 2.22 bits per heavy atom. The van der Waals surface area contributed by atoms with Crippen molar-refractivity contribution in [2.75, 3.05) is 11.9 Å². The highest BCUT2D eigenvalue weighted by Crippen LogP contribution is 2.21. The van der Waals surface area contributed by atoms with Gasteiger partial charge in [-0.1, -0.05) is 0 Å². The molecular formula is C13H18N6O4. The van der Waals surface area contributed by atoms with E-state index in [1.165, 1.54) is 17.8 Å². The van der Waals surface area contributed by atoms with E-state index in [4.69, 9.17) is 4.74 Å². The van der Waals surface area contributed by atoms with Gasteiger partial charge in [0.1, 0.15) is 24.7 Å². The Bertz CT molecular complexity index is 720. The molecule has 0 saturated heterocycles. The van der Waals surface area contributed by atoms with E-state index in [9.17, 15) is 14.9 Å². The van der Waals surface area contributed by atoms with Gasteiger partial charge in [0.05, 0.1) is 23.0 Å². The van der Waals surface area contributed by atoms with Crippen LogP contribution in [0.3, 0.4) is 0 Å². The minimum atomic E-state index is -0.496. The van der Waals surface area contributed by atoms with Crippen LogP contribution in [0.5, 0.6) is 0 Å². The van der Waals surface area contributed by atoms with Gasteiger partial charge < -0.3 is 10.1 Å². The molecule has 10 nitrogen and oxygen atoms in total. The molecule has 124 valence electrons. The first-order valence-electron chi connectivity index (χ1n) is 7.00. The van der Waals surface area contributed by atoms with Crippen LogP contribution in [0.2, 0.25) is 0 Å². The number of rotatable bonds is 7. The lowest BCUT2D eigenvalue weighted by atomic mass is 10.3. The average Bonchev–Trinajstić information content (AvgIpc) is 3.01. The maximum atomic E-state index is 12.0. The van der Waals surface area contributed by atoms with E-state index in [0.29, 0.717) is 24.7 Å². The third-order valence-electron chi connectivity index (χ3n) is 3.16. The number of nitrogens with one attached hydrogen (secondary N) is 1. The number of aromatic nitrogens is 4. The lowest BCUT2D eigenvalue weighted by Gasteiger charge is -2.04. The standard InChI is InChI=1S/C13H18N6O4/c1-4-23-8-17-6-11(5-14-17)15-12(20)7-18-10(3)13(19(21)22)9(2)16-18/h5-6H,4,7-8H2,1-3H3,(H,15,20). The van der Waals surface area contributed by atoms with Crippen LogP contribution in [0, 0.1) is 24.0 Å². The second-order valence-electron chi connectivity index (χ2n) is 4.87. The monoisotopic (exact) mass is 322 g/mol. The molecular weight excluding hydrogens is 304 g/mol. The normalized spacial score (nSPS) is 10.7. The largest absolute Gasteiger partial charge is 0.360 e. The fourth-order valence-corrected chi connectivity index (χ4v) is 2.13. The summed E-state index contributed by atoms with van der Waals surface area (Å²) >= 11 is 0. The van der Waals surface area contributed by atoms with Crippen molar-refractivity contribution >= 4 is 17.3 Å². The van der Waals surface area contributed by atoms with Gasteiger partial charge in [-0.25, -0.2) is 4.68 Å².